The van der Waals surface area contributed by atoms with Gasteiger partial charge in [0.25, 0.3) is 0 Å². The second-order valence-electron chi connectivity index (χ2n) is 4.38. The van der Waals surface area contributed by atoms with Crippen molar-refractivity contribution in [1.82, 2.24) is 15.2 Å². The highest BCUT2D eigenvalue weighted by molar-refractivity contribution is 7.22. The minimum Gasteiger partial charge on any atom is -0.375 e. The molecule has 0 aliphatic rings. The average molecular weight is 400 g/mol. The van der Waals surface area contributed by atoms with Crippen molar-refractivity contribution in [3.05, 3.63) is 26.8 Å². The number of nitrogen functional groups attached to an aromatic ring is 1. The largest absolute Gasteiger partial charge is 0.375 e. The van der Waals surface area contributed by atoms with Crippen LogP contribution in [0.15, 0.2) is 6.07 Å². The fourth-order valence-electron chi connectivity index (χ4n) is 2.02. The number of anilines is 1. The monoisotopic (exact) mass is 398 g/mol. The average Bonchev–Trinajstić information content (AvgIpc) is 3.01. The van der Waals surface area contributed by atoms with Gasteiger partial charge < -0.3 is 10.5 Å². The Morgan fingerprint density at radius 1 is 1.30 bits per heavy atom. The summed E-state index contributed by atoms with van der Waals surface area (Å²) in [6, 6.07) is 1.50. The van der Waals surface area contributed by atoms with Gasteiger partial charge in [-0.3, -0.25) is 5.10 Å². The second kappa shape index (κ2) is 6.37. The number of H-pyrrole nitrogens is 1. The molecule has 0 atom stereocenters. The molecule has 122 valence electrons. The fraction of sp³-hybridized carbons (Fsp3) is 0.167. The number of aromatic nitrogens is 3. The maximum Gasteiger partial charge on any atom is 0.345 e. The lowest BCUT2D eigenvalue weighted by Crippen LogP contribution is -1.99. The number of alkyl halides is 2. The Morgan fingerprint density at radius 3 is 2.74 bits per heavy atom. The van der Waals surface area contributed by atoms with Gasteiger partial charge in [-0.1, -0.05) is 46.1 Å². The number of rotatable bonds is 4. The van der Waals surface area contributed by atoms with E-state index in [9.17, 15) is 8.78 Å². The van der Waals surface area contributed by atoms with E-state index in [1.54, 1.807) is 0 Å². The van der Waals surface area contributed by atoms with Crippen LogP contribution >= 0.6 is 46.1 Å². The third-order valence-corrected chi connectivity index (χ3v) is 4.85. The third-order valence-electron chi connectivity index (χ3n) is 2.96. The van der Waals surface area contributed by atoms with Crippen molar-refractivity contribution in [2.45, 2.75) is 13.2 Å². The predicted molar refractivity (Wildman–Crippen MR) is 87.4 cm³/mol. The first-order valence-corrected chi connectivity index (χ1v) is 8.00. The summed E-state index contributed by atoms with van der Waals surface area (Å²) in [5, 5.41) is 7.67. The topological polar surface area (TPSA) is 76.8 Å². The molecule has 0 bridgehead atoms. The standard InChI is InChI=1S/C12H7Cl3F2N4OS/c13-3-1-4(14)8-10(23-12(18)19-8)6(3)9-7(15)5(20-21-9)2-22-11(16)17/h1,11H,2H2,(H2,18,19)(H,20,21). The van der Waals surface area contributed by atoms with E-state index in [2.05, 4.69) is 19.9 Å². The summed E-state index contributed by atoms with van der Waals surface area (Å²) < 4.78 is 29.1. The summed E-state index contributed by atoms with van der Waals surface area (Å²) in [5.74, 6) is 0. The van der Waals surface area contributed by atoms with Crippen LogP contribution in [0.25, 0.3) is 21.5 Å². The Labute approximate surface area is 147 Å². The van der Waals surface area contributed by atoms with Crippen molar-refractivity contribution in [2.24, 2.45) is 0 Å². The van der Waals surface area contributed by atoms with Gasteiger partial charge >= 0.3 is 6.61 Å². The number of hydrogen-bond acceptors (Lipinski definition) is 5. The normalized spacial score (nSPS) is 11.7. The number of halogens is 5. The highest BCUT2D eigenvalue weighted by Crippen LogP contribution is 2.44. The molecule has 0 amide bonds. The maximum absolute atomic E-state index is 12.1. The van der Waals surface area contributed by atoms with Crippen LogP contribution in [0.3, 0.4) is 0 Å². The van der Waals surface area contributed by atoms with E-state index < -0.39 is 13.2 Å². The van der Waals surface area contributed by atoms with Crippen LogP contribution in [-0.4, -0.2) is 21.8 Å². The molecule has 0 fully saturated rings. The van der Waals surface area contributed by atoms with Gasteiger partial charge in [-0.2, -0.15) is 13.9 Å². The molecule has 3 aromatic rings. The Kier molecular flexibility index (Phi) is 4.61. The van der Waals surface area contributed by atoms with Gasteiger partial charge in [-0.05, 0) is 6.07 Å². The number of nitrogens with two attached hydrogens (primary N) is 1. The number of hydrogen-bond donors (Lipinski definition) is 2. The van der Waals surface area contributed by atoms with Crippen LogP contribution in [-0.2, 0) is 11.3 Å². The van der Waals surface area contributed by atoms with Gasteiger partial charge in [0, 0.05) is 5.56 Å². The van der Waals surface area contributed by atoms with Crippen molar-refractivity contribution >= 4 is 61.5 Å². The number of thiazole rings is 1. The zero-order chi connectivity index (χ0) is 16.7. The minimum absolute atomic E-state index is 0.128. The van der Waals surface area contributed by atoms with E-state index in [1.165, 1.54) is 17.4 Å². The van der Waals surface area contributed by atoms with Gasteiger partial charge in [-0.15, -0.1) is 0 Å². The number of benzene rings is 1. The van der Waals surface area contributed by atoms with Crippen LogP contribution < -0.4 is 5.73 Å². The molecule has 0 spiro atoms. The molecule has 0 radical (unpaired) electrons. The molecule has 5 nitrogen and oxygen atoms in total. The highest BCUT2D eigenvalue weighted by atomic mass is 35.5. The first kappa shape index (κ1) is 16.7. The molecule has 0 aliphatic carbocycles. The quantitative estimate of drug-likeness (QED) is 0.649. The lowest BCUT2D eigenvalue weighted by atomic mass is 10.1. The maximum atomic E-state index is 12.1. The summed E-state index contributed by atoms with van der Waals surface area (Å²) in [6.07, 6.45) is 0. The molecule has 0 aliphatic heterocycles. The molecule has 0 saturated heterocycles. The molecule has 0 unspecified atom stereocenters. The Hall–Kier alpha value is -1.19. The number of ether oxygens (including phenoxy) is 1. The molecule has 23 heavy (non-hydrogen) atoms. The summed E-state index contributed by atoms with van der Waals surface area (Å²) >= 11 is 19.7. The van der Waals surface area contributed by atoms with Crippen molar-refractivity contribution in [2.75, 3.05) is 5.73 Å². The predicted octanol–water partition coefficient (Wildman–Crippen LogP) is 4.97. The summed E-state index contributed by atoms with van der Waals surface area (Å²) in [5.41, 5.74) is 7.16. The van der Waals surface area contributed by atoms with Gasteiger partial charge in [0.1, 0.15) is 11.2 Å². The van der Waals surface area contributed by atoms with Crippen molar-refractivity contribution in [1.29, 1.82) is 0 Å². The summed E-state index contributed by atoms with van der Waals surface area (Å²) in [6.45, 7) is -3.33. The highest BCUT2D eigenvalue weighted by Gasteiger charge is 2.22. The van der Waals surface area contributed by atoms with Crippen molar-refractivity contribution in [3.63, 3.8) is 0 Å². The number of nitrogens with one attached hydrogen (secondary N) is 1. The molecule has 11 heteroatoms. The van der Waals surface area contributed by atoms with Crippen LogP contribution in [0.2, 0.25) is 15.1 Å². The van der Waals surface area contributed by atoms with Crippen molar-refractivity contribution in [3.8, 4) is 11.3 Å². The van der Waals surface area contributed by atoms with Crippen LogP contribution in [0.1, 0.15) is 5.69 Å². The third kappa shape index (κ3) is 3.09. The molecule has 3 rings (SSSR count). The molecule has 1 aromatic carbocycles. The lowest BCUT2D eigenvalue weighted by molar-refractivity contribution is -0.137. The van der Waals surface area contributed by atoms with Gasteiger partial charge in [0.15, 0.2) is 5.13 Å². The smallest absolute Gasteiger partial charge is 0.345 e. The second-order valence-corrected chi connectivity index (χ2v) is 6.60. The number of aromatic amines is 1. The van der Waals surface area contributed by atoms with E-state index in [1.807, 2.05) is 0 Å². The Balaban J connectivity index is 2.14. The minimum atomic E-state index is -2.91. The Bertz CT molecular complexity index is 883. The van der Waals surface area contributed by atoms with Crippen LogP contribution in [0.5, 0.6) is 0 Å². The zero-order valence-electron chi connectivity index (χ0n) is 11.0. The summed E-state index contributed by atoms with van der Waals surface area (Å²) in [4.78, 5) is 4.14. The van der Waals surface area contributed by atoms with Gasteiger partial charge in [0.2, 0.25) is 0 Å². The molecule has 2 heterocycles. The van der Waals surface area contributed by atoms with Crippen LogP contribution in [0.4, 0.5) is 13.9 Å². The summed E-state index contributed by atoms with van der Waals surface area (Å²) in [7, 11) is 0. The fourth-order valence-corrected chi connectivity index (χ4v) is 3.87. The van der Waals surface area contributed by atoms with E-state index in [4.69, 9.17) is 40.5 Å². The number of nitrogens with zero attached hydrogens (tertiary/aromatic N) is 2. The van der Waals surface area contributed by atoms with Crippen molar-refractivity contribution < 1.29 is 13.5 Å². The molecule has 0 saturated carbocycles. The first-order chi connectivity index (χ1) is 10.9. The van der Waals surface area contributed by atoms with E-state index in [0.29, 0.717) is 31.0 Å². The van der Waals surface area contributed by atoms with E-state index in [-0.39, 0.29) is 16.4 Å². The van der Waals surface area contributed by atoms with Gasteiger partial charge in [-0.25, -0.2) is 4.98 Å². The number of fused-ring (bicyclic) bond motifs is 1. The molecular weight excluding hydrogens is 393 g/mol. The Morgan fingerprint density at radius 2 is 2.04 bits per heavy atom. The lowest BCUT2D eigenvalue weighted by Gasteiger charge is -2.05. The molecule has 3 N–H and O–H groups in total. The molecule has 2 aromatic heterocycles. The zero-order valence-corrected chi connectivity index (χ0v) is 14.1. The SMILES string of the molecule is Nc1nc2c(Cl)cc(Cl)c(-c3n[nH]c(COC(F)F)c3Cl)c2s1. The van der Waals surface area contributed by atoms with E-state index in [0.717, 1.165) is 0 Å². The van der Waals surface area contributed by atoms with Crippen LogP contribution in [0, 0.1) is 0 Å². The van der Waals surface area contributed by atoms with E-state index >= 15 is 0 Å². The first-order valence-electron chi connectivity index (χ1n) is 6.05. The van der Waals surface area contributed by atoms with Gasteiger partial charge in [0.05, 0.1) is 32.1 Å². The molecular formula is C12H7Cl3F2N4OS.